The Kier molecular flexibility index (Phi) is 14.7. The quantitative estimate of drug-likeness (QED) is 0.128. The molecule has 2 heterocycles. The first-order valence-electron chi connectivity index (χ1n) is 14.8. The lowest BCUT2D eigenvalue weighted by atomic mass is 9.90. The number of hydrogen-bond acceptors (Lipinski definition) is 4. The summed E-state index contributed by atoms with van der Waals surface area (Å²) < 4.78 is 1.73. The molecule has 0 N–H and O–H groups in total. The first-order chi connectivity index (χ1) is 17.5. The Morgan fingerprint density at radius 2 is 1.22 bits per heavy atom. The molecule has 0 fully saturated rings. The average Bonchev–Trinajstić information content (AvgIpc) is 3.26. The summed E-state index contributed by atoms with van der Waals surface area (Å²) in [7, 11) is 3.52. The van der Waals surface area contributed by atoms with E-state index in [1.54, 1.807) is 17.9 Å². The van der Waals surface area contributed by atoms with E-state index in [0.717, 1.165) is 38.5 Å². The number of imidazole rings is 1. The Morgan fingerprint density at radius 1 is 0.750 bits per heavy atom. The van der Waals surface area contributed by atoms with Gasteiger partial charge in [0, 0.05) is 26.9 Å². The van der Waals surface area contributed by atoms with Gasteiger partial charge in [-0.3, -0.25) is 19.3 Å². The second-order valence-electron chi connectivity index (χ2n) is 10.8. The summed E-state index contributed by atoms with van der Waals surface area (Å²) in [4.78, 5) is 43.1. The number of ketones is 2. The first kappa shape index (κ1) is 30.2. The fraction of sp³-hybridized carbons (Fsp3) is 0.800. The van der Waals surface area contributed by atoms with Gasteiger partial charge < -0.3 is 4.57 Å². The van der Waals surface area contributed by atoms with Gasteiger partial charge in [0.15, 0.2) is 11.6 Å². The van der Waals surface area contributed by atoms with Crippen molar-refractivity contribution in [3.63, 3.8) is 0 Å². The van der Waals surface area contributed by atoms with Gasteiger partial charge in [-0.2, -0.15) is 0 Å². The van der Waals surface area contributed by atoms with Crippen molar-refractivity contribution in [2.24, 2.45) is 13.0 Å². The number of Topliss-reactive ketones (excluding diaryl/α,β-unsaturated/α-hetero) is 2. The van der Waals surface area contributed by atoms with Crippen molar-refractivity contribution in [2.75, 3.05) is 11.9 Å². The topological polar surface area (TPSA) is 72.3 Å². The lowest BCUT2D eigenvalue weighted by molar-refractivity contribution is -0.121. The molecule has 6 nitrogen and oxygen atoms in total. The number of unbranched alkanes of at least 4 members (excludes halogenated alkanes) is 15. The van der Waals surface area contributed by atoms with Gasteiger partial charge in [-0.05, 0) is 19.3 Å². The number of rotatable bonds is 21. The fourth-order valence-corrected chi connectivity index (χ4v) is 5.31. The van der Waals surface area contributed by atoms with Crippen molar-refractivity contribution in [1.82, 2.24) is 9.55 Å². The third kappa shape index (κ3) is 10.2. The predicted molar refractivity (Wildman–Crippen MR) is 147 cm³/mol. The summed E-state index contributed by atoms with van der Waals surface area (Å²) in [6.07, 6.45) is 24.3. The number of nitrogens with zero attached hydrogens (tertiary/aromatic N) is 3. The Hall–Kier alpha value is -1.98. The van der Waals surface area contributed by atoms with Crippen molar-refractivity contribution in [2.45, 2.75) is 135 Å². The van der Waals surface area contributed by atoms with E-state index in [1.807, 2.05) is 7.05 Å². The van der Waals surface area contributed by atoms with Gasteiger partial charge in [0.05, 0.1) is 6.33 Å². The zero-order valence-electron chi connectivity index (χ0n) is 23.4. The van der Waals surface area contributed by atoms with Crippen LogP contribution in [0.25, 0.3) is 0 Å². The van der Waals surface area contributed by atoms with Crippen molar-refractivity contribution in [1.29, 1.82) is 0 Å². The number of carbonyl (C=O) groups excluding carboxylic acids is 3. The van der Waals surface area contributed by atoms with E-state index in [2.05, 4.69) is 11.9 Å². The van der Waals surface area contributed by atoms with Crippen LogP contribution < -0.4 is 4.90 Å². The molecule has 0 radical (unpaired) electrons. The molecule has 0 saturated heterocycles. The van der Waals surface area contributed by atoms with Gasteiger partial charge in [-0.15, -0.1) is 0 Å². The average molecular weight is 502 g/mol. The minimum absolute atomic E-state index is 0.0738. The number of fused-ring (bicyclic) bond motifs is 1. The Balaban J connectivity index is 1.39. The van der Waals surface area contributed by atoms with Crippen LogP contribution in [0.15, 0.2) is 6.33 Å². The maximum Gasteiger partial charge on any atom is 0.238 e. The molecule has 0 aliphatic carbocycles. The van der Waals surface area contributed by atoms with Crippen LogP contribution in [-0.4, -0.2) is 34.1 Å². The minimum Gasteiger partial charge on any atom is -0.329 e. The van der Waals surface area contributed by atoms with Crippen molar-refractivity contribution in [3.8, 4) is 0 Å². The van der Waals surface area contributed by atoms with Crippen LogP contribution in [-0.2, 0) is 16.6 Å². The van der Waals surface area contributed by atoms with Crippen molar-refractivity contribution >= 4 is 23.3 Å². The highest BCUT2D eigenvalue weighted by Crippen LogP contribution is 2.30. The molecular formula is C30H51N3O3. The van der Waals surface area contributed by atoms with Crippen LogP contribution in [0.4, 0.5) is 5.82 Å². The Labute approximate surface area is 219 Å². The summed E-state index contributed by atoms with van der Waals surface area (Å²) in [5.74, 6) is 0.213. The van der Waals surface area contributed by atoms with E-state index in [9.17, 15) is 14.4 Å². The number of aromatic nitrogens is 2. The molecule has 36 heavy (non-hydrogen) atoms. The Morgan fingerprint density at radius 3 is 1.75 bits per heavy atom. The van der Waals surface area contributed by atoms with Gasteiger partial charge in [0.1, 0.15) is 17.4 Å². The zero-order valence-corrected chi connectivity index (χ0v) is 23.4. The fourth-order valence-electron chi connectivity index (χ4n) is 5.31. The second-order valence-corrected chi connectivity index (χ2v) is 10.8. The van der Waals surface area contributed by atoms with Gasteiger partial charge >= 0.3 is 0 Å². The third-order valence-electron chi connectivity index (χ3n) is 7.67. The molecule has 1 aliphatic rings. The number of anilines is 1. The van der Waals surface area contributed by atoms with E-state index < -0.39 is 5.92 Å². The smallest absolute Gasteiger partial charge is 0.238 e. The Bertz CT molecular complexity index is 801. The van der Waals surface area contributed by atoms with Crippen LogP contribution in [0, 0.1) is 5.92 Å². The lowest BCUT2D eigenvalue weighted by Crippen LogP contribution is -2.43. The second kappa shape index (κ2) is 17.5. The molecule has 1 aliphatic heterocycles. The molecule has 1 unspecified atom stereocenters. The van der Waals surface area contributed by atoms with Crippen LogP contribution in [0.3, 0.4) is 0 Å². The van der Waals surface area contributed by atoms with Crippen LogP contribution in [0.5, 0.6) is 0 Å². The van der Waals surface area contributed by atoms with Crippen molar-refractivity contribution in [3.05, 3.63) is 12.0 Å². The summed E-state index contributed by atoms with van der Waals surface area (Å²) in [5.41, 5.74) is 0.557. The highest BCUT2D eigenvalue weighted by Gasteiger charge is 2.40. The molecule has 0 bridgehead atoms. The zero-order chi connectivity index (χ0) is 26.2. The van der Waals surface area contributed by atoms with E-state index in [0.29, 0.717) is 23.7 Å². The predicted octanol–water partition coefficient (Wildman–Crippen LogP) is 7.59. The molecule has 0 spiro atoms. The number of hydrogen-bond donors (Lipinski definition) is 0. The number of carbonyl (C=O) groups is 3. The summed E-state index contributed by atoms with van der Waals surface area (Å²) in [6, 6.07) is 0. The van der Waals surface area contributed by atoms with Gasteiger partial charge in [-0.1, -0.05) is 103 Å². The maximum absolute atomic E-state index is 12.8. The van der Waals surface area contributed by atoms with Crippen LogP contribution in [0.2, 0.25) is 0 Å². The molecule has 0 aromatic carbocycles. The molecule has 2 rings (SSSR count). The maximum atomic E-state index is 12.8. The molecule has 1 atom stereocenters. The van der Waals surface area contributed by atoms with Crippen LogP contribution >= 0.6 is 0 Å². The van der Waals surface area contributed by atoms with Crippen molar-refractivity contribution < 1.29 is 14.4 Å². The first-order valence-corrected chi connectivity index (χ1v) is 14.8. The molecular weight excluding hydrogens is 450 g/mol. The monoisotopic (exact) mass is 501 g/mol. The van der Waals surface area contributed by atoms with E-state index in [4.69, 9.17) is 0 Å². The molecule has 0 saturated carbocycles. The SMILES string of the molecule is CCCCCCCCC(=O)CCCCCCCCCCCCCC1C(=O)c2c(ncn2C)N(C)C1=O. The minimum atomic E-state index is -0.552. The largest absolute Gasteiger partial charge is 0.329 e. The number of aryl methyl sites for hydroxylation is 1. The molecule has 1 aromatic heterocycles. The van der Waals surface area contributed by atoms with Gasteiger partial charge in [-0.25, -0.2) is 4.98 Å². The molecule has 6 heteroatoms. The molecule has 1 amide bonds. The standard InChI is InChI=1S/C30H51N3O3/c1-4-5-6-7-15-18-21-25(34)22-19-16-13-11-9-8-10-12-14-17-20-23-26-28(35)27-29(31-24-32(27)2)33(3)30(26)36/h24,26H,4-23H2,1-3H3. The molecule has 204 valence electrons. The third-order valence-corrected chi connectivity index (χ3v) is 7.67. The highest BCUT2D eigenvalue weighted by molar-refractivity contribution is 6.20. The summed E-state index contributed by atoms with van der Waals surface area (Å²) >= 11 is 0. The summed E-state index contributed by atoms with van der Waals surface area (Å²) in [5, 5.41) is 0. The van der Waals surface area contributed by atoms with E-state index >= 15 is 0 Å². The van der Waals surface area contributed by atoms with Gasteiger partial charge in [0.25, 0.3) is 0 Å². The number of amides is 1. The summed E-state index contributed by atoms with van der Waals surface area (Å²) in [6.45, 7) is 2.23. The van der Waals surface area contributed by atoms with Crippen LogP contribution in [0.1, 0.15) is 146 Å². The lowest BCUT2D eigenvalue weighted by Gasteiger charge is -2.27. The highest BCUT2D eigenvalue weighted by atomic mass is 16.2. The van der Waals surface area contributed by atoms with E-state index in [1.165, 1.54) is 88.4 Å². The van der Waals surface area contributed by atoms with Gasteiger partial charge in [0.2, 0.25) is 5.91 Å². The van der Waals surface area contributed by atoms with E-state index in [-0.39, 0.29) is 11.7 Å². The molecule has 1 aromatic rings. The normalized spacial score (nSPS) is 15.5.